The fraction of sp³-hybridized carbons (Fsp3) is 0.405. The third kappa shape index (κ3) is 9.15. The Labute approximate surface area is 262 Å². The predicted molar refractivity (Wildman–Crippen MR) is 178 cm³/mol. The number of amides is 1. The fourth-order valence-corrected chi connectivity index (χ4v) is 6.94. The second-order valence-electron chi connectivity index (χ2n) is 12.9. The highest BCUT2D eigenvalue weighted by molar-refractivity contribution is 7.90. The normalized spacial score (nSPS) is 12.7. The average molecular weight is 615 g/mol. The maximum Gasteiger partial charge on any atom is 0.223 e. The Kier molecular flexibility index (Phi) is 11.2. The highest BCUT2D eigenvalue weighted by Crippen LogP contribution is 2.26. The molecule has 3 aromatic carbocycles. The van der Waals surface area contributed by atoms with Gasteiger partial charge in [0.25, 0.3) is 0 Å². The second kappa shape index (κ2) is 14.8. The third-order valence-electron chi connectivity index (χ3n) is 8.14. The lowest BCUT2D eigenvalue weighted by molar-refractivity contribution is -0.129. The van der Waals surface area contributed by atoms with E-state index in [2.05, 4.69) is 38.0 Å². The summed E-state index contributed by atoms with van der Waals surface area (Å²) in [6, 6.07) is 22.3. The van der Waals surface area contributed by atoms with Gasteiger partial charge in [-0.15, -0.1) is 0 Å². The van der Waals surface area contributed by atoms with Crippen molar-refractivity contribution in [2.75, 3.05) is 6.54 Å². The van der Waals surface area contributed by atoms with E-state index in [0.717, 1.165) is 53.3 Å². The van der Waals surface area contributed by atoms with E-state index in [1.807, 2.05) is 48.7 Å². The minimum absolute atomic E-state index is 0.0475. The van der Waals surface area contributed by atoms with Gasteiger partial charge in [-0.3, -0.25) is 9.59 Å². The van der Waals surface area contributed by atoms with Gasteiger partial charge in [-0.25, -0.2) is 8.42 Å². The standard InChI is InChI=1S/C37H46N2O4S/c1-5-6-7-10-20-38-36(41)29(23-30-25-39-35-15-9-8-14-34(30)35)24-32(40)22-27-12-11-13-28(21-27)26-44(42,43)33-18-16-31(17-19-33)37(2,3)4/h8-9,11-19,21,25,29,39H,5-7,10,20,22-24,26H2,1-4H3,(H,38,41)/t29-/m0/s1. The molecule has 6 nitrogen and oxygen atoms in total. The number of hydrogen-bond acceptors (Lipinski definition) is 4. The van der Waals surface area contributed by atoms with Crippen LogP contribution in [0.15, 0.2) is 83.9 Å². The first-order chi connectivity index (χ1) is 21.0. The van der Waals surface area contributed by atoms with Gasteiger partial charge in [0, 0.05) is 42.4 Å². The molecule has 44 heavy (non-hydrogen) atoms. The number of carbonyl (C=O) groups is 2. The lowest BCUT2D eigenvalue weighted by Gasteiger charge is -2.19. The molecule has 0 radical (unpaired) electrons. The van der Waals surface area contributed by atoms with Gasteiger partial charge in [0.05, 0.1) is 10.6 Å². The number of aromatic amines is 1. The molecule has 4 aromatic rings. The van der Waals surface area contributed by atoms with Crippen molar-refractivity contribution in [1.82, 2.24) is 10.3 Å². The largest absolute Gasteiger partial charge is 0.361 e. The Morgan fingerprint density at radius 1 is 0.886 bits per heavy atom. The number of aromatic nitrogens is 1. The van der Waals surface area contributed by atoms with Crippen molar-refractivity contribution in [3.8, 4) is 0 Å². The molecule has 0 aliphatic rings. The van der Waals surface area contributed by atoms with Gasteiger partial charge in [-0.2, -0.15) is 0 Å². The third-order valence-corrected chi connectivity index (χ3v) is 9.85. The van der Waals surface area contributed by atoms with Crippen molar-refractivity contribution < 1.29 is 18.0 Å². The van der Waals surface area contributed by atoms with Gasteiger partial charge in [-0.05, 0) is 58.7 Å². The van der Waals surface area contributed by atoms with Crippen LogP contribution in [0.3, 0.4) is 0 Å². The van der Waals surface area contributed by atoms with Gasteiger partial charge < -0.3 is 10.3 Å². The van der Waals surface area contributed by atoms with Gasteiger partial charge in [0.2, 0.25) is 5.91 Å². The number of carbonyl (C=O) groups excluding carboxylic acids is 2. The zero-order chi connectivity index (χ0) is 31.7. The molecule has 0 saturated carbocycles. The summed E-state index contributed by atoms with van der Waals surface area (Å²) < 4.78 is 26.4. The van der Waals surface area contributed by atoms with Crippen LogP contribution in [0, 0.1) is 5.92 Å². The molecule has 234 valence electrons. The molecule has 4 rings (SSSR count). The van der Waals surface area contributed by atoms with E-state index >= 15 is 0 Å². The number of ketones is 1. The average Bonchev–Trinajstić information content (AvgIpc) is 3.39. The zero-order valence-corrected chi connectivity index (χ0v) is 27.3. The first kappa shape index (κ1) is 33.2. The van der Waals surface area contributed by atoms with Gasteiger partial charge in [0.1, 0.15) is 5.78 Å². The molecule has 0 aliphatic heterocycles. The molecule has 0 spiro atoms. The van der Waals surface area contributed by atoms with E-state index in [0.29, 0.717) is 18.5 Å². The Morgan fingerprint density at radius 2 is 1.61 bits per heavy atom. The van der Waals surface area contributed by atoms with Crippen molar-refractivity contribution in [3.63, 3.8) is 0 Å². The van der Waals surface area contributed by atoms with Gasteiger partial charge >= 0.3 is 0 Å². The molecule has 0 bridgehead atoms. The Balaban J connectivity index is 1.44. The van der Waals surface area contributed by atoms with Crippen molar-refractivity contribution in [2.45, 2.75) is 88.7 Å². The molecular weight excluding hydrogens is 568 g/mol. The summed E-state index contributed by atoms with van der Waals surface area (Å²) in [7, 11) is -3.55. The summed E-state index contributed by atoms with van der Waals surface area (Å²) in [4.78, 5) is 30.2. The molecule has 0 unspecified atom stereocenters. The Bertz CT molecular complexity index is 1660. The first-order valence-corrected chi connectivity index (χ1v) is 17.4. The predicted octanol–water partition coefficient (Wildman–Crippen LogP) is 7.50. The first-order valence-electron chi connectivity index (χ1n) is 15.7. The summed E-state index contributed by atoms with van der Waals surface area (Å²) in [6.07, 6.45) is 6.90. The van der Waals surface area contributed by atoms with Crippen molar-refractivity contribution in [1.29, 1.82) is 0 Å². The summed E-state index contributed by atoms with van der Waals surface area (Å²) in [5, 5.41) is 4.12. The number of sulfone groups is 1. The fourth-order valence-electron chi connectivity index (χ4n) is 5.60. The van der Waals surface area contributed by atoms with Crippen molar-refractivity contribution >= 4 is 32.4 Å². The lowest BCUT2D eigenvalue weighted by atomic mass is 9.87. The topological polar surface area (TPSA) is 96.1 Å². The minimum atomic E-state index is -3.55. The molecule has 0 fully saturated rings. The Hall–Kier alpha value is -3.71. The number of fused-ring (bicyclic) bond motifs is 1. The van der Waals surface area contributed by atoms with Crippen molar-refractivity contribution in [3.05, 3.63) is 101 Å². The molecule has 1 aromatic heterocycles. The van der Waals surface area contributed by atoms with Crippen LogP contribution in [0.25, 0.3) is 10.9 Å². The van der Waals surface area contributed by atoms with Crippen LogP contribution in [-0.2, 0) is 43.4 Å². The zero-order valence-electron chi connectivity index (χ0n) is 26.5. The van der Waals surface area contributed by atoms with E-state index in [1.165, 1.54) is 0 Å². The minimum Gasteiger partial charge on any atom is -0.361 e. The number of hydrogen-bond donors (Lipinski definition) is 2. The number of H-pyrrole nitrogens is 1. The van der Waals surface area contributed by atoms with Crippen LogP contribution in [0.1, 0.15) is 82.1 Å². The van der Waals surface area contributed by atoms with Crippen LogP contribution >= 0.6 is 0 Å². The van der Waals surface area contributed by atoms with E-state index in [4.69, 9.17) is 0 Å². The Morgan fingerprint density at radius 3 is 2.34 bits per heavy atom. The quantitative estimate of drug-likeness (QED) is 0.136. The number of para-hydroxylation sites is 1. The SMILES string of the molecule is CCCCCCNC(=O)[C@H](CC(=O)Cc1cccc(CS(=O)(=O)c2ccc(C(C)(C)C)cc2)c1)Cc1c[nH]c2ccccc12. The van der Waals surface area contributed by atoms with Crippen LogP contribution in [0.4, 0.5) is 0 Å². The molecule has 1 atom stereocenters. The maximum atomic E-state index is 13.4. The van der Waals surface area contributed by atoms with Gasteiger partial charge in [-0.1, -0.05) is 102 Å². The highest BCUT2D eigenvalue weighted by Gasteiger charge is 2.24. The van der Waals surface area contributed by atoms with Crippen molar-refractivity contribution in [2.24, 2.45) is 5.92 Å². The van der Waals surface area contributed by atoms with Crippen LogP contribution in [0.5, 0.6) is 0 Å². The van der Waals surface area contributed by atoms with Crippen LogP contribution in [-0.4, -0.2) is 31.6 Å². The molecule has 1 heterocycles. The summed E-state index contributed by atoms with van der Waals surface area (Å²) >= 11 is 0. The molecule has 1 amide bonds. The monoisotopic (exact) mass is 614 g/mol. The molecule has 7 heteroatoms. The second-order valence-corrected chi connectivity index (χ2v) is 14.9. The van der Waals surface area contributed by atoms with Crippen LogP contribution < -0.4 is 5.32 Å². The summed E-state index contributed by atoms with van der Waals surface area (Å²) in [5.41, 5.74) is 4.41. The number of unbranched alkanes of at least 4 members (excludes halogenated alkanes) is 3. The number of benzene rings is 3. The van der Waals surface area contributed by atoms with E-state index in [9.17, 15) is 18.0 Å². The smallest absolute Gasteiger partial charge is 0.223 e. The maximum absolute atomic E-state index is 13.4. The van der Waals surface area contributed by atoms with E-state index in [1.54, 1.807) is 30.3 Å². The summed E-state index contributed by atoms with van der Waals surface area (Å²) in [5.74, 6) is -0.785. The highest BCUT2D eigenvalue weighted by atomic mass is 32.2. The molecule has 2 N–H and O–H groups in total. The summed E-state index contributed by atoms with van der Waals surface area (Å²) in [6.45, 7) is 9.03. The van der Waals surface area contributed by atoms with Gasteiger partial charge in [0.15, 0.2) is 9.84 Å². The number of rotatable bonds is 15. The number of Topliss-reactive ketones (excluding diaryl/α,β-unsaturated/α-hetero) is 1. The lowest BCUT2D eigenvalue weighted by Crippen LogP contribution is -2.34. The molecule has 0 aliphatic carbocycles. The van der Waals surface area contributed by atoms with E-state index in [-0.39, 0.29) is 40.6 Å². The van der Waals surface area contributed by atoms with Crippen LogP contribution in [0.2, 0.25) is 0 Å². The molecular formula is C37H46N2O4S. The van der Waals surface area contributed by atoms with E-state index < -0.39 is 15.8 Å². The number of nitrogens with one attached hydrogen (secondary N) is 2. The molecule has 0 saturated heterocycles.